The Hall–Kier alpha value is -1.33. The lowest BCUT2D eigenvalue weighted by atomic mass is 10.1. The molecule has 0 radical (unpaired) electrons. The van der Waals surface area contributed by atoms with E-state index in [0.717, 1.165) is 13.0 Å². The Balaban J connectivity index is 1.87. The van der Waals surface area contributed by atoms with Crippen molar-refractivity contribution in [1.82, 2.24) is 5.32 Å². The first-order chi connectivity index (χ1) is 7.66. The van der Waals surface area contributed by atoms with Gasteiger partial charge in [-0.15, -0.1) is 0 Å². The maximum Gasteiger partial charge on any atom is 0.284 e. The summed E-state index contributed by atoms with van der Waals surface area (Å²) in [6.45, 7) is 3.43. The summed E-state index contributed by atoms with van der Waals surface area (Å²) in [6.07, 6.45) is 1.23. The van der Waals surface area contributed by atoms with Gasteiger partial charge in [-0.25, -0.2) is 0 Å². The maximum atomic E-state index is 10.8. The van der Waals surface area contributed by atoms with E-state index < -0.39 is 5.91 Å². The van der Waals surface area contributed by atoms with Crippen molar-refractivity contribution in [2.24, 2.45) is 5.73 Å². The van der Waals surface area contributed by atoms with E-state index in [1.54, 1.807) is 12.1 Å². The molecule has 0 aliphatic carbocycles. The second-order valence-corrected chi connectivity index (χ2v) is 3.98. The zero-order valence-corrected chi connectivity index (χ0v) is 9.23. The van der Waals surface area contributed by atoms with Crippen molar-refractivity contribution < 1.29 is 13.9 Å². The van der Waals surface area contributed by atoms with Crippen molar-refractivity contribution >= 4 is 5.91 Å². The second kappa shape index (κ2) is 4.67. The molecule has 5 nitrogen and oxygen atoms in total. The molecule has 0 spiro atoms. The van der Waals surface area contributed by atoms with Gasteiger partial charge < -0.3 is 20.2 Å². The van der Waals surface area contributed by atoms with Crippen molar-refractivity contribution in [3.63, 3.8) is 0 Å². The van der Waals surface area contributed by atoms with E-state index in [2.05, 4.69) is 5.32 Å². The maximum absolute atomic E-state index is 10.8. The number of carbonyl (C=O) groups excluding carboxylic acids is 1. The van der Waals surface area contributed by atoms with Gasteiger partial charge in [0.1, 0.15) is 5.76 Å². The average Bonchev–Trinajstić information content (AvgIpc) is 2.83. The Kier molecular flexibility index (Phi) is 3.26. The lowest BCUT2D eigenvalue weighted by molar-refractivity contribution is 0.0970. The number of hydrogen-bond acceptors (Lipinski definition) is 4. The van der Waals surface area contributed by atoms with Gasteiger partial charge in [0.25, 0.3) is 5.91 Å². The molecule has 88 valence electrons. The summed E-state index contributed by atoms with van der Waals surface area (Å²) in [5.74, 6) is 0.379. The lowest BCUT2D eigenvalue weighted by Gasteiger charge is -2.14. The third-order valence-electron chi connectivity index (χ3n) is 2.82. The number of primary amides is 1. The minimum atomic E-state index is -0.538. The molecule has 5 heteroatoms. The Morgan fingerprint density at radius 2 is 2.44 bits per heavy atom. The monoisotopic (exact) mass is 224 g/mol. The number of nitrogens with two attached hydrogens (primary N) is 1. The molecule has 1 fully saturated rings. The first-order valence-electron chi connectivity index (χ1n) is 5.40. The van der Waals surface area contributed by atoms with Crippen molar-refractivity contribution in [2.75, 3.05) is 6.61 Å². The minimum Gasteiger partial charge on any atom is -0.455 e. The van der Waals surface area contributed by atoms with E-state index in [1.165, 1.54) is 0 Å². The van der Waals surface area contributed by atoms with Gasteiger partial charge in [0.05, 0.1) is 12.6 Å². The van der Waals surface area contributed by atoms with Gasteiger partial charge in [-0.1, -0.05) is 0 Å². The smallest absolute Gasteiger partial charge is 0.284 e. The Labute approximate surface area is 93.9 Å². The Bertz CT molecular complexity index is 375. The summed E-state index contributed by atoms with van der Waals surface area (Å²) in [4.78, 5) is 10.8. The van der Waals surface area contributed by atoms with Crippen LogP contribution in [0.4, 0.5) is 0 Å². The molecular weight excluding hydrogens is 208 g/mol. The Morgan fingerprint density at radius 3 is 3.00 bits per heavy atom. The molecule has 2 heterocycles. The van der Waals surface area contributed by atoms with Gasteiger partial charge in [0.2, 0.25) is 0 Å². The number of carbonyl (C=O) groups is 1. The fourth-order valence-corrected chi connectivity index (χ4v) is 1.84. The first-order valence-corrected chi connectivity index (χ1v) is 5.40. The highest BCUT2D eigenvalue weighted by Crippen LogP contribution is 2.14. The first kappa shape index (κ1) is 11.2. The summed E-state index contributed by atoms with van der Waals surface area (Å²) in [5, 5.41) is 3.33. The van der Waals surface area contributed by atoms with Crippen LogP contribution in [-0.4, -0.2) is 24.7 Å². The number of hydrogen-bond donors (Lipinski definition) is 2. The normalized spacial score (nSPS) is 24.8. The molecule has 2 atom stereocenters. The average molecular weight is 224 g/mol. The van der Waals surface area contributed by atoms with Crippen LogP contribution in [0.3, 0.4) is 0 Å². The third kappa shape index (κ3) is 2.43. The van der Waals surface area contributed by atoms with Crippen LogP contribution in [0.5, 0.6) is 0 Å². The molecule has 2 rings (SSSR count). The SMILES string of the molecule is CC1OCCC1NCc1ccc(C(N)=O)o1. The number of nitrogens with one attached hydrogen (secondary N) is 1. The molecule has 1 aromatic rings. The fraction of sp³-hybridized carbons (Fsp3) is 0.545. The molecule has 1 aromatic heterocycles. The summed E-state index contributed by atoms with van der Waals surface area (Å²) in [5.41, 5.74) is 5.09. The van der Waals surface area contributed by atoms with Gasteiger partial charge in [-0.3, -0.25) is 4.79 Å². The molecule has 2 unspecified atom stereocenters. The number of ether oxygens (including phenoxy) is 1. The van der Waals surface area contributed by atoms with Crippen LogP contribution in [0.1, 0.15) is 29.7 Å². The van der Waals surface area contributed by atoms with Gasteiger partial charge in [0.15, 0.2) is 5.76 Å². The molecule has 1 amide bonds. The molecule has 1 aliphatic heterocycles. The molecule has 0 bridgehead atoms. The number of rotatable bonds is 4. The van der Waals surface area contributed by atoms with Crippen LogP contribution in [0, 0.1) is 0 Å². The van der Waals surface area contributed by atoms with E-state index in [-0.39, 0.29) is 11.9 Å². The summed E-state index contributed by atoms with van der Waals surface area (Å²) >= 11 is 0. The highest BCUT2D eigenvalue weighted by molar-refractivity contribution is 5.89. The van der Waals surface area contributed by atoms with Crippen molar-refractivity contribution in [1.29, 1.82) is 0 Å². The van der Waals surface area contributed by atoms with Gasteiger partial charge in [-0.2, -0.15) is 0 Å². The quantitative estimate of drug-likeness (QED) is 0.787. The van der Waals surface area contributed by atoms with E-state index in [0.29, 0.717) is 18.3 Å². The molecule has 1 aliphatic rings. The van der Waals surface area contributed by atoms with Gasteiger partial charge in [0, 0.05) is 12.6 Å². The molecule has 0 saturated carbocycles. The van der Waals surface area contributed by atoms with Crippen molar-refractivity contribution in [2.45, 2.75) is 32.0 Å². The standard InChI is InChI=1S/C11H16N2O3/c1-7-9(4-5-15-7)13-6-8-2-3-10(16-8)11(12)14/h2-3,7,9,13H,4-6H2,1H3,(H2,12,14). The Morgan fingerprint density at radius 1 is 1.62 bits per heavy atom. The van der Waals surface area contributed by atoms with Crippen LogP contribution >= 0.6 is 0 Å². The van der Waals surface area contributed by atoms with Gasteiger partial charge >= 0.3 is 0 Å². The largest absolute Gasteiger partial charge is 0.455 e. The molecule has 3 N–H and O–H groups in total. The summed E-state index contributed by atoms with van der Waals surface area (Å²) in [6, 6.07) is 3.70. The zero-order valence-electron chi connectivity index (χ0n) is 9.23. The van der Waals surface area contributed by atoms with E-state index in [9.17, 15) is 4.79 Å². The molecule has 16 heavy (non-hydrogen) atoms. The fourth-order valence-electron chi connectivity index (χ4n) is 1.84. The predicted octanol–water partition coefficient (Wildman–Crippen LogP) is 0.646. The van der Waals surface area contributed by atoms with Crippen LogP contribution in [0.25, 0.3) is 0 Å². The van der Waals surface area contributed by atoms with Crippen LogP contribution in [0.2, 0.25) is 0 Å². The highest BCUT2D eigenvalue weighted by Gasteiger charge is 2.23. The summed E-state index contributed by atoms with van der Waals surface area (Å²) in [7, 11) is 0. The molecular formula is C11H16N2O3. The third-order valence-corrected chi connectivity index (χ3v) is 2.82. The highest BCUT2D eigenvalue weighted by atomic mass is 16.5. The minimum absolute atomic E-state index is 0.201. The zero-order chi connectivity index (χ0) is 11.5. The number of furan rings is 1. The van der Waals surface area contributed by atoms with E-state index in [4.69, 9.17) is 14.9 Å². The second-order valence-electron chi connectivity index (χ2n) is 3.98. The molecule has 1 saturated heterocycles. The van der Waals surface area contributed by atoms with Crippen LogP contribution < -0.4 is 11.1 Å². The van der Waals surface area contributed by atoms with Gasteiger partial charge in [-0.05, 0) is 25.5 Å². The van der Waals surface area contributed by atoms with Crippen molar-refractivity contribution in [3.05, 3.63) is 23.7 Å². The topological polar surface area (TPSA) is 77.5 Å². The van der Waals surface area contributed by atoms with Crippen molar-refractivity contribution in [3.8, 4) is 0 Å². The van der Waals surface area contributed by atoms with E-state index >= 15 is 0 Å². The van der Waals surface area contributed by atoms with Crippen LogP contribution in [-0.2, 0) is 11.3 Å². The van der Waals surface area contributed by atoms with E-state index in [1.807, 2.05) is 6.92 Å². The number of amides is 1. The lowest BCUT2D eigenvalue weighted by Crippen LogP contribution is -2.34. The van der Waals surface area contributed by atoms with Crippen LogP contribution in [0.15, 0.2) is 16.5 Å². The summed E-state index contributed by atoms with van der Waals surface area (Å²) < 4.78 is 10.7. The predicted molar refractivity (Wildman–Crippen MR) is 57.9 cm³/mol. The molecule has 0 aromatic carbocycles.